The van der Waals surface area contributed by atoms with Gasteiger partial charge < -0.3 is 4.74 Å². The lowest BCUT2D eigenvalue weighted by Gasteiger charge is -2.06. The molecule has 0 unspecified atom stereocenters. The minimum Gasteiger partial charge on any atom is -0.460 e. The van der Waals surface area contributed by atoms with E-state index in [-0.39, 0.29) is 12.4 Å². The van der Waals surface area contributed by atoms with Gasteiger partial charge in [-0.1, -0.05) is 25.7 Å². The number of Topliss-reactive ketones (excluding diaryl/α,β-unsaturated/α-hetero) is 1. The predicted octanol–water partition coefficient (Wildman–Crippen LogP) is 2.09. The molecular weight excluding hydrogens is 180 g/mol. The topological polar surface area (TPSA) is 43.4 Å². The molecule has 3 nitrogen and oxygen atoms in total. The van der Waals surface area contributed by atoms with Crippen LogP contribution in [0.4, 0.5) is 0 Å². The number of hydrogen-bond donors (Lipinski definition) is 0. The largest absolute Gasteiger partial charge is 0.460 e. The summed E-state index contributed by atoms with van der Waals surface area (Å²) in [6.07, 6.45) is 6.21. The van der Waals surface area contributed by atoms with Crippen LogP contribution in [0.2, 0.25) is 0 Å². The monoisotopic (exact) mass is 198 g/mol. The Hall–Kier alpha value is -0.860. The van der Waals surface area contributed by atoms with E-state index in [1.54, 1.807) is 6.92 Å². The van der Waals surface area contributed by atoms with Crippen LogP contribution in [-0.4, -0.2) is 18.4 Å². The normalized spacial score (nSPS) is 16.9. The van der Waals surface area contributed by atoms with E-state index in [0.717, 1.165) is 6.42 Å². The quantitative estimate of drug-likeness (QED) is 0.502. The highest BCUT2D eigenvalue weighted by atomic mass is 16.5. The number of ketones is 1. The molecule has 0 spiro atoms. The van der Waals surface area contributed by atoms with Crippen molar-refractivity contribution in [3.63, 3.8) is 0 Å². The average molecular weight is 198 g/mol. The van der Waals surface area contributed by atoms with Gasteiger partial charge >= 0.3 is 5.97 Å². The lowest BCUT2D eigenvalue weighted by molar-refractivity contribution is -0.153. The number of ether oxygens (including phenoxy) is 1. The molecule has 0 amide bonds. The number of esters is 1. The van der Waals surface area contributed by atoms with Crippen molar-refractivity contribution < 1.29 is 14.3 Å². The Balaban J connectivity index is 2.16. The number of rotatable bonds is 5. The van der Waals surface area contributed by atoms with Crippen molar-refractivity contribution >= 4 is 11.8 Å². The fourth-order valence-electron chi connectivity index (χ4n) is 1.95. The molecule has 1 fully saturated rings. The van der Waals surface area contributed by atoms with Crippen LogP contribution in [0.3, 0.4) is 0 Å². The van der Waals surface area contributed by atoms with Crippen LogP contribution in [0.25, 0.3) is 0 Å². The van der Waals surface area contributed by atoms with Crippen LogP contribution in [-0.2, 0) is 14.3 Å². The van der Waals surface area contributed by atoms with Crippen molar-refractivity contribution in [3.8, 4) is 0 Å². The van der Waals surface area contributed by atoms with Crippen LogP contribution in [0.15, 0.2) is 0 Å². The van der Waals surface area contributed by atoms with Gasteiger partial charge in [-0.15, -0.1) is 0 Å². The molecule has 0 saturated heterocycles. The molecule has 0 N–H and O–H groups in total. The van der Waals surface area contributed by atoms with Gasteiger partial charge in [0.25, 0.3) is 0 Å². The van der Waals surface area contributed by atoms with Crippen molar-refractivity contribution in [3.05, 3.63) is 0 Å². The summed E-state index contributed by atoms with van der Waals surface area (Å²) < 4.78 is 4.63. The van der Waals surface area contributed by atoms with E-state index in [0.29, 0.717) is 12.3 Å². The second-order valence-corrected chi connectivity index (χ2v) is 3.83. The summed E-state index contributed by atoms with van der Waals surface area (Å²) in [5.74, 6) is -0.363. The summed E-state index contributed by atoms with van der Waals surface area (Å²) in [4.78, 5) is 22.2. The van der Waals surface area contributed by atoms with E-state index in [4.69, 9.17) is 0 Å². The molecule has 1 rings (SSSR count). The molecule has 3 heteroatoms. The second-order valence-electron chi connectivity index (χ2n) is 3.83. The van der Waals surface area contributed by atoms with Crippen molar-refractivity contribution in [2.24, 2.45) is 5.92 Å². The first-order valence-corrected chi connectivity index (χ1v) is 5.44. The first-order valence-electron chi connectivity index (χ1n) is 5.44. The van der Waals surface area contributed by atoms with Crippen LogP contribution in [0.5, 0.6) is 0 Å². The summed E-state index contributed by atoms with van der Waals surface area (Å²) in [5.41, 5.74) is 0. The Kier molecular flexibility index (Phi) is 4.63. The second kappa shape index (κ2) is 5.78. The number of carbonyl (C=O) groups is 2. The van der Waals surface area contributed by atoms with E-state index < -0.39 is 5.97 Å². The van der Waals surface area contributed by atoms with Gasteiger partial charge in [-0.05, 0) is 19.3 Å². The molecule has 0 aromatic heterocycles. The molecule has 14 heavy (non-hydrogen) atoms. The number of hydrogen-bond acceptors (Lipinski definition) is 3. The molecule has 0 aliphatic heterocycles. The Morgan fingerprint density at radius 1 is 1.29 bits per heavy atom. The summed E-state index contributed by atoms with van der Waals surface area (Å²) in [5, 5.41) is 0. The molecule has 1 aliphatic rings. The van der Waals surface area contributed by atoms with Gasteiger partial charge in [0.05, 0.1) is 6.61 Å². The lowest BCUT2D eigenvalue weighted by Crippen LogP contribution is -2.17. The average Bonchev–Trinajstić information content (AvgIpc) is 2.67. The Morgan fingerprint density at radius 3 is 2.50 bits per heavy atom. The van der Waals surface area contributed by atoms with Crippen LogP contribution < -0.4 is 0 Å². The van der Waals surface area contributed by atoms with Crippen molar-refractivity contribution in [1.29, 1.82) is 0 Å². The number of carbonyl (C=O) groups excluding carboxylic acids is 2. The van der Waals surface area contributed by atoms with E-state index in [2.05, 4.69) is 4.74 Å². The molecule has 80 valence electrons. The molecule has 0 radical (unpaired) electrons. The summed E-state index contributed by atoms with van der Waals surface area (Å²) in [6, 6.07) is 0. The van der Waals surface area contributed by atoms with Crippen LogP contribution in [0.1, 0.15) is 45.4 Å². The molecule has 0 aromatic rings. The maximum atomic E-state index is 11.2. The molecule has 0 heterocycles. The van der Waals surface area contributed by atoms with Gasteiger partial charge in [0.15, 0.2) is 0 Å². The SMILES string of the molecule is CCOC(=O)C(=O)CCC1CCCC1. The zero-order valence-corrected chi connectivity index (χ0v) is 8.75. The maximum absolute atomic E-state index is 11.2. The highest BCUT2D eigenvalue weighted by Crippen LogP contribution is 2.28. The predicted molar refractivity (Wildman–Crippen MR) is 52.8 cm³/mol. The van der Waals surface area contributed by atoms with E-state index in [1.807, 2.05) is 0 Å². The van der Waals surface area contributed by atoms with Crippen LogP contribution >= 0.6 is 0 Å². The first kappa shape index (κ1) is 11.2. The summed E-state index contributed by atoms with van der Waals surface area (Å²) >= 11 is 0. The lowest BCUT2D eigenvalue weighted by atomic mass is 10.0. The van der Waals surface area contributed by atoms with Gasteiger partial charge in [-0.2, -0.15) is 0 Å². The Bertz CT molecular complexity index is 205. The Labute approximate surface area is 84.8 Å². The maximum Gasteiger partial charge on any atom is 0.374 e. The molecule has 0 atom stereocenters. The smallest absolute Gasteiger partial charge is 0.374 e. The van der Waals surface area contributed by atoms with Crippen molar-refractivity contribution in [2.75, 3.05) is 6.61 Å². The zero-order valence-electron chi connectivity index (χ0n) is 8.75. The van der Waals surface area contributed by atoms with E-state index in [1.165, 1.54) is 25.7 Å². The van der Waals surface area contributed by atoms with Crippen LogP contribution in [0, 0.1) is 5.92 Å². The fraction of sp³-hybridized carbons (Fsp3) is 0.818. The summed E-state index contributed by atoms with van der Waals surface area (Å²) in [6.45, 7) is 2.00. The molecular formula is C11H18O3. The summed E-state index contributed by atoms with van der Waals surface area (Å²) in [7, 11) is 0. The minimum absolute atomic E-state index is 0.286. The Morgan fingerprint density at radius 2 is 1.93 bits per heavy atom. The third-order valence-electron chi connectivity index (χ3n) is 2.76. The van der Waals surface area contributed by atoms with Crippen molar-refractivity contribution in [2.45, 2.75) is 45.4 Å². The third-order valence-corrected chi connectivity index (χ3v) is 2.76. The molecule has 1 aliphatic carbocycles. The van der Waals surface area contributed by atoms with Gasteiger partial charge in [-0.25, -0.2) is 4.79 Å². The third kappa shape index (κ3) is 3.48. The van der Waals surface area contributed by atoms with Gasteiger partial charge in [0.2, 0.25) is 5.78 Å². The molecule has 0 aromatic carbocycles. The van der Waals surface area contributed by atoms with Gasteiger partial charge in [-0.3, -0.25) is 4.79 Å². The zero-order chi connectivity index (χ0) is 10.4. The highest BCUT2D eigenvalue weighted by molar-refractivity contribution is 6.33. The first-order chi connectivity index (χ1) is 6.74. The molecule has 1 saturated carbocycles. The fourth-order valence-corrected chi connectivity index (χ4v) is 1.95. The van der Waals surface area contributed by atoms with E-state index >= 15 is 0 Å². The van der Waals surface area contributed by atoms with Crippen molar-refractivity contribution in [1.82, 2.24) is 0 Å². The van der Waals surface area contributed by atoms with E-state index in [9.17, 15) is 9.59 Å². The minimum atomic E-state index is -0.662. The van der Waals surface area contributed by atoms with Gasteiger partial charge in [0.1, 0.15) is 0 Å². The standard InChI is InChI=1S/C11H18O3/c1-2-14-11(13)10(12)8-7-9-5-3-4-6-9/h9H,2-8H2,1H3. The molecule has 0 bridgehead atoms. The highest BCUT2D eigenvalue weighted by Gasteiger charge is 2.19. The van der Waals surface area contributed by atoms with Gasteiger partial charge in [0, 0.05) is 6.42 Å².